The van der Waals surface area contributed by atoms with E-state index >= 15 is 4.39 Å². The Balaban J connectivity index is 1.61. The van der Waals surface area contributed by atoms with Crippen LogP contribution in [0.1, 0.15) is 69.0 Å². The van der Waals surface area contributed by atoms with Crippen molar-refractivity contribution in [3.05, 3.63) is 59.0 Å². The number of alkyl halides is 2. The average Bonchev–Trinajstić information content (AvgIpc) is 3.16. The first kappa shape index (κ1) is 16.7. The normalized spacial score (nSPS) is 26.2. The number of benzene rings is 2. The highest BCUT2D eigenvalue weighted by Gasteiger charge is 2.52. The van der Waals surface area contributed by atoms with Crippen LogP contribution in [-0.2, 0) is 28.6 Å². The molecule has 1 fully saturated rings. The highest BCUT2D eigenvalue weighted by Crippen LogP contribution is 2.52. The van der Waals surface area contributed by atoms with Crippen molar-refractivity contribution in [3.63, 3.8) is 0 Å². The molecule has 1 aliphatic heterocycles. The van der Waals surface area contributed by atoms with Crippen LogP contribution in [-0.4, -0.2) is 39.5 Å². The number of fused-ring (bicyclic) bond motifs is 2. The number of nitrogens with zero attached hydrogens (tertiary/aromatic N) is 1. The molecule has 5 rings (SSSR count). The van der Waals surface area contributed by atoms with E-state index < -0.39 is 84.9 Å². The summed E-state index contributed by atoms with van der Waals surface area (Å²) in [4.78, 5) is 13.9. The van der Waals surface area contributed by atoms with Gasteiger partial charge < -0.3 is 24.3 Å². The summed E-state index contributed by atoms with van der Waals surface area (Å²) in [5.74, 6) is -3.14. The fourth-order valence-corrected chi connectivity index (χ4v) is 4.46. The zero-order valence-corrected chi connectivity index (χ0v) is 20.1. The summed E-state index contributed by atoms with van der Waals surface area (Å²) in [6.45, 7) is -0.178. The summed E-state index contributed by atoms with van der Waals surface area (Å²) < 4.78 is 126. The second-order valence-corrected chi connectivity index (χ2v) is 9.48. The fourth-order valence-electron chi connectivity index (χ4n) is 4.46. The van der Waals surface area contributed by atoms with Crippen LogP contribution in [0.5, 0.6) is 11.5 Å². The van der Waals surface area contributed by atoms with E-state index in [0.29, 0.717) is 0 Å². The second-order valence-electron chi connectivity index (χ2n) is 9.48. The maximum atomic E-state index is 15.7. The first-order chi connectivity index (χ1) is 20.6. The van der Waals surface area contributed by atoms with Gasteiger partial charge in [0.25, 0.3) is 0 Å². The van der Waals surface area contributed by atoms with Gasteiger partial charge in [-0.3, -0.25) is 4.79 Å². The fraction of sp³-hybridized carbons (Fsp3) is 0.464. The Morgan fingerprint density at radius 3 is 2.59 bits per heavy atom. The molecule has 1 aliphatic carbocycles. The van der Waals surface area contributed by atoms with Gasteiger partial charge in [-0.15, -0.1) is 8.78 Å². The quantitative estimate of drug-likeness (QED) is 0.411. The molecule has 198 valence electrons. The van der Waals surface area contributed by atoms with Crippen molar-refractivity contribution in [1.29, 1.82) is 0 Å². The summed E-state index contributed by atoms with van der Waals surface area (Å²) in [5, 5.41) is 20.4. The molecule has 9 heteroatoms. The lowest BCUT2D eigenvalue weighted by atomic mass is 9.86. The Morgan fingerprint density at radius 2 is 1.95 bits per heavy atom. The molecule has 0 bridgehead atoms. The lowest BCUT2D eigenvalue weighted by Gasteiger charge is -2.26. The third kappa shape index (κ3) is 4.48. The minimum atomic E-state index is -4.03. The Hall–Kier alpha value is -3.04. The summed E-state index contributed by atoms with van der Waals surface area (Å²) in [6.07, 6.45) is -15.7. The molecule has 1 aromatic heterocycles. The number of rotatable bonds is 9. The van der Waals surface area contributed by atoms with E-state index in [9.17, 15) is 23.8 Å². The van der Waals surface area contributed by atoms with Crippen molar-refractivity contribution < 1.29 is 50.0 Å². The van der Waals surface area contributed by atoms with E-state index in [4.69, 9.17) is 12.3 Å². The van der Waals surface area contributed by atoms with E-state index in [1.165, 1.54) is 32.9 Å². The number of Topliss-reactive ketones (excluding diaryl/α,β-unsaturated/α-hetero) is 1. The molecular weight excluding hydrogens is 487 g/mol. The van der Waals surface area contributed by atoms with Crippen LogP contribution in [0.2, 0.25) is 0 Å². The van der Waals surface area contributed by atoms with Gasteiger partial charge in [0.15, 0.2) is 11.5 Å². The summed E-state index contributed by atoms with van der Waals surface area (Å²) >= 11 is 0. The van der Waals surface area contributed by atoms with Crippen molar-refractivity contribution in [1.82, 2.24) is 4.57 Å². The van der Waals surface area contributed by atoms with Gasteiger partial charge in [-0.2, -0.15) is 0 Å². The molecule has 3 aromatic rings. The van der Waals surface area contributed by atoms with E-state index in [1.54, 1.807) is 0 Å². The largest absolute Gasteiger partial charge is 0.586 e. The Labute approximate surface area is 225 Å². The smallest absolute Gasteiger partial charge is 0.395 e. The van der Waals surface area contributed by atoms with Crippen LogP contribution in [0, 0.1) is 5.82 Å². The molecule has 6 nitrogen and oxygen atoms in total. The number of aromatic nitrogens is 1. The van der Waals surface area contributed by atoms with Crippen LogP contribution in [0.15, 0.2) is 36.4 Å². The molecule has 2 N–H and O–H groups in total. The average molecular weight is 527 g/mol. The van der Waals surface area contributed by atoms with Crippen molar-refractivity contribution in [2.24, 2.45) is 0 Å². The van der Waals surface area contributed by atoms with Crippen LogP contribution in [0.25, 0.3) is 10.9 Å². The lowest BCUT2D eigenvalue weighted by Crippen LogP contribution is -2.26. The number of hydrogen-bond acceptors (Lipinski definition) is 5. The summed E-state index contributed by atoms with van der Waals surface area (Å²) in [6, 6.07) is 6.36. The molecule has 37 heavy (non-hydrogen) atoms. The van der Waals surface area contributed by atoms with Crippen LogP contribution >= 0.6 is 0 Å². The Bertz CT molecular complexity index is 1750. The number of halogens is 3. The molecule has 2 aromatic carbocycles. The van der Waals surface area contributed by atoms with E-state index in [-0.39, 0.29) is 27.7 Å². The van der Waals surface area contributed by atoms with Gasteiger partial charge >= 0.3 is 6.29 Å². The van der Waals surface area contributed by atoms with Crippen LogP contribution < -0.4 is 9.47 Å². The van der Waals surface area contributed by atoms with Gasteiger partial charge in [0.05, 0.1) is 34.2 Å². The maximum absolute atomic E-state index is 15.7. The zero-order valence-electron chi connectivity index (χ0n) is 29.1. The number of ketones is 1. The molecule has 0 saturated heterocycles. The predicted molar refractivity (Wildman–Crippen MR) is 131 cm³/mol. The van der Waals surface area contributed by atoms with Gasteiger partial charge in [-0.1, -0.05) is 26.8 Å². The number of hydrogen-bond donors (Lipinski definition) is 2. The molecular formula is C28H30F3NO5. The summed E-state index contributed by atoms with van der Waals surface area (Å²) in [7, 11) is 0. The topological polar surface area (TPSA) is 80.9 Å². The molecule has 0 unspecified atom stereocenters. The molecule has 0 spiro atoms. The molecule has 0 amide bonds. The Morgan fingerprint density at radius 1 is 1.24 bits per heavy atom. The molecule has 2 aliphatic rings. The molecule has 0 radical (unpaired) electrons. The molecule has 2 heterocycles. The van der Waals surface area contributed by atoms with Gasteiger partial charge in [0, 0.05) is 31.1 Å². The van der Waals surface area contributed by atoms with Gasteiger partial charge in [-0.05, 0) is 60.6 Å². The second kappa shape index (κ2) is 8.77. The number of carbonyl (C=O) groups excluding carboxylic acids is 1. The van der Waals surface area contributed by atoms with Crippen LogP contribution in [0.3, 0.4) is 0 Å². The SMILES string of the molecule is [2H]C([2H])(C)C(C)(C)c1cc2cc(CC(=O)C3(c4ccc5c(c4)OC(F)(F)O5)C([2H])([2H])C3([2H])[2H])c(F)cc2n1C[C@]([2H])(O)C([2H])([2H])O. The first-order valence-corrected chi connectivity index (χ1v) is 11.3. The predicted octanol–water partition coefficient (Wildman–Crippen LogP) is 4.99. The molecule has 1 atom stereocenters. The number of carbonyl (C=O) groups is 1. The highest BCUT2D eigenvalue weighted by molar-refractivity contribution is 5.95. The highest BCUT2D eigenvalue weighted by atomic mass is 19.3. The van der Waals surface area contributed by atoms with Crippen molar-refractivity contribution >= 4 is 16.7 Å². The molecule has 1 saturated carbocycles. The summed E-state index contributed by atoms with van der Waals surface area (Å²) in [5.41, 5.74) is -4.60. The van der Waals surface area contributed by atoms with E-state index in [1.807, 2.05) is 0 Å². The van der Waals surface area contributed by atoms with Crippen molar-refractivity contribution in [2.75, 3.05) is 6.56 Å². The Kier molecular flexibility index (Phi) is 3.97. The lowest BCUT2D eigenvalue weighted by molar-refractivity contribution is -0.286. The van der Waals surface area contributed by atoms with Crippen LogP contribution in [0.4, 0.5) is 13.2 Å². The van der Waals surface area contributed by atoms with E-state index in [2.05, 4.69) is 9.47 Å². The van der Waals surface area contributed by atoms with Crippen molar-refractivity contribution in [2.45, 2.75) is 76.1 Å². The minimum absolute atomic E-state index is 0.0561. The monoisotopic (exact) mass is 526 g/mol. The first-order valence-electron chi connectivity index (χ1n) is 15.8. The maximum Gasteiger partial charge on any atom is 0.586 e. The van der Waals surface area contributed by atoms with E-state index in [0.717, 1.165) is 28.8 Å². The minimum Gasteiger partial charge on any atom is -0.395 e. The van der Waals surface area contributed by atoms with Gasteiger partial charge in [-0.25, -0.2) is 4.39 Å². The standard InChI is InChI=1S/C28H30F3NO5/c1-4-26(2,3)24-10-17-9-16(20(29)13-21(17)32(24)14-19(34)15-33)11-25(35)27(7-8-27)18-5-6-22-23(12-18)37-28(30,31)36-22/h5-6,9-10,12-13,19,33-34H,4,7-8,11,14-15H2,1-3H3/t19-/m0/s1/i4D2,7D2,8D2,15D2,19D. The third-order valence-electron chi connectivity index (χ3n) is 6.75. The third-order valence-corrected chi connectivity index (χ3v) is 6.75. The van der Waals surface area contributed by atoms with Crippen molar-refractivity contribution in [3.8, 4) is 11.5 Å². The number of ether oxygens (including phenoxy) is 2. The number of aliphatic hydroxyl groups is 2. The van der Waals surface area contributed by atoms with Gasteiger partial charge in [0.2, 0.25) is 0 Å². The zero-order chi connectivity index (χ0) is 34.8. The van der Waals surface area contributed by atoms with Gasteiger partial charge in [0.1, 0.15) is 11.6 Å².